The topological polar surface area (TPSA) is 0 Å². The maximum atomic E-state index is 7.73. The lowest BCUT2D eigenvalue weighted by molar-refractivity contribution is 0.393. The summed E-state index contributed by atoms with van der Waals surface area (Å²) < 4.78 is 23.2. The molecule has 2 aromatic rings. The van der Waals surface area contributed by atoms with Crippen molar-refractivity contribution in [3.05, 3.63) is 58.1 Å². The van der Waals surface area contributed by atoms with Crippen molar-refractivity contribution in [3.63, 3.8) is 0 Å². The molecule has 0 radical (unpaired) electrons. The van der Waals surface area contributed by atoms with Gasteiger partial charge in [-0.25, -0.2) is 0 Å². The Kier molecular flexibility index (Phi) is 5.33. The molecule has 0 N–H and O–H groups in total. The van der Waals surface area contributed by atoms with E-state index in [1.165, 1.54) is 22.3 Å². The summed E-state index contributed by atoms with van der Waals surface area (Å²) in [4.78, 5) is 0. The smallest absolute Gasteiger partial charge is 0.0280 e. The van der Waals surface area contributed by atoms with Gasteiger partial charge in [0.25, 0.3) is 0 Å². The minimum absolute atomic E-state index is 0.121. The highest BCUT2D eigenvalue weighted by atomic mass is 14.4. The highest BCUT2D eigenvalue weighted by molar-refractivity contribution is 5.73. The second-order valence-electron chi connectivity index (χ2n) is 8.78. The molecule has 0 heteroatoms. The van der Waals surface area contributed by atoms with Crippen LogP contribution in [0.15, 0.2) is 30.3 Å². The number of aryl methyl sites for hydroxylation is 3. The van der Waals surface area contributed by atoms with Crippen LogP contribution in [-0.2, 0) is 10.8 Å². The van der Waals surface area contributed by atoms with Crippen LogP contribution >= 0.6 is 0 Å². The van der Waals surface area contributed by atoms with Crippen molar-refractivity contribution in [2.75, 3.05) is 0 Å². The fourth-order valence-corrected chi connectivity index (χ4v) is 4.22. The molecule has 0 saturated heterocycles. The zero-order valence-corrected chi connectivity index (χ0v) is 18.7. The second kappa shape index (κ2) is 8.21. The van der Waals surface area contributed by atoms with E-state index < -0.39 is 6.85 Å². The lowest BCUT2D eigenvalue weighted by atomic mass is 9.66. The molecule has 0 aromatic heterocycles. The van der Waals surface area contributed by atoms with E-state index in [0.717, 1.165) is 36.8 Å². The van der Waals surface area contributed by atoms with E-state index in [1.807, 2.05) is 19.1 Å². The molecule has 0 amide bonds. The van der Waals surface area contributed by atoms with Crippen molar-refractivity contribution in [1.29, 1.82) is 0 Å². The van der Waals surface area contributed by atoms with Gasteiger partial charge in [0, 0.05) is 4.11 Å². The van der Waals surface area contributed by atoms with Crippen molar-refractivity contribution >= 4 is 0 Å². The Bertz CT molecular complexity index is 882. The first kappa shape index (κ1) is 17.5. The molecule has 0 aliphatic heterocycles. The van der Waals surface area contributed by atoms with Crippen LogP contribution < -0.4 is 0 Å². The third kappa shape index (κ3) is 4.00. The normalized spacial score (nSPS) is 14.6. The SMILES string of the molecule is [2H]C([2H])([2H])c1ccc(-c2cc(C(C)(CC)CC)c(C(C)(CC)CC)cc2C)c(C)c1. The molecular weight excluding hydrogens is 324 g/mol. The van der Waals surface area contributed by atoms with Crippen LogP contribution in [0.3, 0.4) is 0 Å². The van der Waals surface area contributed by atoms with E-state index in [0.29, 0.717) is 5.56 Å². The van der Waals surface area contributed by atoms with Gasteiger partial charge in [-0.2, -0.15) is 0 Å². The monoisotopic (exact) mass is 367 g/mol. The molecule has 148 valence electrons. The van der Waals surface area contributed by atoms with Crippen LogP contribution in [-0.4, -0.2) is 0 Å². The predicted molar refractivity (Wildman–Crippen MR) is 122 cm³/mol. The van der Waals surface area contributed by atoms with E-state index in [2.05, 4.69) is 60.6 Å². The number of hydrogen-bond donors (Lipinski definition) is 0. The lowest BCUT2D eigenvalue weighted by Crippen LogP contribution is -2.29. The Morgan fingerprint density at radius 1 is 0.704 bits per heavy atom. The van der Waals surface area contributed by atoms with Gasteiger partial charge in [0.2, 0.25) is 0 Å². The molecule has 0 nitrogen and oxygen atoms in total. The van der Waals surface area contributed by atoms with Crippen LogP contribution in [0.25, 0.3) is 11.1 Å². The first-order valence-corrected chi connectivity index (χ1v) is 10.6. The Balaban J connectivity index is 2.81. The number of benzene rings is 2. The van der Waals surface area contributed by atoms with E-state index in [-0.39, 0.29) is 10.8 Å². The van der Waals surface area contributed by atoms with Crippen LogP contribution in [0.1, 0.15) is 99.2 Å². The summed E-state index contributed by atoms with van der Waals surface area (Å²) in [6, 6.07) is 10.4. The van der Waals surface area contributed by atoms with Gasteiger partial charge in [-0.1, -0.05) is 77.4 Å². The van der Waals surface area contributed by atoms with Crippen LogP contribution in [0.2, 0.25) is 0 Å². The van der Waals surface area contributed by atoms with E-state index in [1.54, 1.807) is 6.07 Å². The first-order chi connectivity index (χ1) is 13.9. The van der Waals surface area contributed by atoms with Gasteiger partial charge in [-0.15, -0.1) is 0 Å². The largest absolute Gasteiger partial charge is 0.0645 e. The van der Waals surface area contributed by atoms with Crippen molar-refractivity contribution < 1.29 is 4.11 Å². The number of rotatable bonds is 7. The van der Waals surface area contributed by atoms with Crippen molar-refractivity contribution in [2.45, 2.75) is 98.8 Å². The van der Waals surface area contributed by atoms with E-state index >= 15 is 0 Å². The summed E-state index contributed by atoms with van der Waals surface area (Å²) in [5, 5.41) is 0. The molecule has 0 aliphatic rings. The van der Waals surface area contributed by atoms with Gasteiger partial charge < -0.3 is 0 Å². The molecule has 2 rings (SSSR count). The molecular formula is C27H40. The van der Waals surface area contributed by atoms with Gasteiger partial charge in [0.15, 0.2) is 0 Å². The van der Waals surface area contributed by atoms with Gasteiger partial charge >= 0.3 is 0 Å². The Labute approximate surface area is 172 Å². The molecule has 0 saturated carbocycles. The maximum absolute atomic E-state index is 7.73. The first-order valence-electron chi connectivity index (χ1n) is 12.1. The van der Waals surface area contributed by atoms with E-state index in [9.17, 15) is 0 Å². The van der Waals surface area contributed by atoms with Gasteiger partial charge in [-0.05, 0) is 90.6 Å². The Morgan fingerprint density at radius 2 is 1.19 bits per heavy atom. The molecule has 27 heavy (non-hydrogen) atoms. The number of hydrogen-bond acceptors (Lipinski definition) is 0. The second-order valence-corrected chi connectivity index (χ2v) is 8.78. The minimum Gasteiger partial charge on any atom is -0.0645 e. The summed E-state index contributed by atoms with van der Waals surface area (Å²) in [5.41, 5.74) is 8.28. The van der Waals surface area contributed by atoms with Crippen LogP contribution in [0, 0.1) is 20.7 Å². The summed E-state index contributed by atoms with van der Waals surface area (Å²) in [6.07, 6.45) is 4.43. The van der Waals surface area contributed by atoms with Crippen molar-refractivity contribution in [1.82, 2.24) is 0 Å². The minimum atomic E-state index is -2.07. The van der Waals surface area contributed by atoms with Gasteiger partial charge in [0.1, 0.15) is 0 Å². The summed E-state index contributed by atoms with van der Waals surface area (Å²) in [5.74, 6) is 0. The molecule has 0 heterocycles. The summed E-state index contributed by atoms with van der Waals surface area (Å²) >= 11 is 0. The predicted octanol–water partition coefficient (Wildman–Crippen LogP) is 8.43. The average molecular weight is 368 g/mol. The van der Waals surface area contributed by atoms with Crippen molar-refractivity contribution in [3.8, 4) is 11.1 Å². The van der Waals surface area contributed by atoms with E-state index in [4.69, 9.17) is 4.11 Å². The quantitative estimate of drug-likeness (QED) is 0.460. The zero-order chi connectivity index (χ0) is 22.9. The summed E-state index contributed by atoms with van der Waals surface area (Å²) in [6.45, 7) is 16.1. The van der Waals surface area contributed by atoms with Crippen molar-refractivity contribution in [2.24, 2.45) is 0 Å². The van der Waals surface area contributed by atoms with Gasteiger partial charge in [-0.3, -0.25) is 0 Å². The molecule has 0 atom stereocenters. The summed E-state index contributed by atoms with van der Waals surface area (Å²) in [7, 11) is 0. The fourth-order valence-electron chi connectivity index (χ4n) is 4.22. The van der Waals surface area contributed by atoms with Gasteiger partial charge in [0.05, 0.1) is 0 Å². The Hall–Kier alpha value is -1.56. The molecule has 0 spiro atoms. The highest BCUT2D eigenvalue weighted by Crippen LogP contribution is 2.44. The molecule has 0 fully saturated rings. The molecule has 0 bridgehead atoms. The maximum Gasteiger partial charge on any atom is 0.0280 e. The third-order valence-electron chi connectivity index (χ3n) is 7.30. The highest BCUT2D eigenvalue weighted by Gasteiger charge is 2.33. The average Bonchev–Trinajstić information content (AvgIpc) is 2.71. The lowest BCUT2D eigenvalue weighted by Gasteiger charge is -2.38. The van der Waals surface area contributed by atoms with Crippen LogP contribution in [0.5, 0.6) is 0 Å². The standard InChI is InChI=1S/C27H40/c1-10-26(8,11-2)24-17-21(7)23(18-25(24)27(9,12-3)13-4)22-15-14-19(5)16-20(22)6/h14-18H,10-13H2,1-9H3/i5D3. The zero-order valence-electron chi connectivity index (χ0n) is 21.7. The molecule has 0 aliphatic carbocycles. The third-order valence-corrected chi connectivity index (χ3v) is 7.30. The van der Waals surface area contributed by atoms with Crippen LogP contribution in [0.4, 0.5) is 0 Å². The molecule has 2 aromatic carbocycles. The Morgan fingerprint density at radius 3 is 1.63 bits per heavy atom. The molecule has 0 unspecified atom stereocenters. The fraction of sp³-hybridized carbons (Fsp3) is 0.556.